The Morgan fingerprint density at radius 2 is 2.39 bits per heavy atom. The zero-order valence-electron chi connectivity index (χ0n) is 10.4. The number of aromatic nitrogens is 1. The molecule has 5 nitrogen and oxygen atoms in total. The van der Waals surface area contributed by atoms with Crippen molar-refractivity contribution in [2.45, 2.75) is 19.3 Å². The van der Waals surface area contributed by atoms with Crippen LogP contribution in [0.15, 0.2) is 18.3 Å². The molecule has 0 bridgehead atoms. The van der Waals surface area contributed by atoms with Crippen molar-refractivity contribution in [2.24, 2.45) is 11.7 Å². The van der Waals surface area contributed by atoms with E-state index >= 15 is 0 Å². The minimum absolute atomic E-state index is 0.243. The lowest BCUT2D eigenvalue weighted by molar-refractivity contribution is 0.1000. The van der Waals surface area contributed by atoms with Crippen molar-refractivity contribution in [3.05, 3.63) is 23.9 Å². The molecular weight excluding hydrogens is 230 g/mol. The van der Waals surface area contributed by atoms with Gasteiger partial charge in [0.25, 0.3) is 0 Å². The highest BCUT2D eigenvalue weighted by atomic mass is 16.3. The Hall–Kier alpha value is -1.62. The van der Waals surface area contributed by atoms with E-state index in [9.17, 15) is 4.79 Å². The second kappa shape index (κ2) is 5.82. The first-order valence-electron chi connectivity index (χ1n) is 6.32. The van der Waals surface area contributed by atoms with Gasteiger partial charge >= 0.3 is 0 Å². The van der Waals surface area contributed by atoms with Gasteiger partial charge in [-0.15, -0.1) is 0 Å². The van der Waals surface area contributed by atoms with E-state index in [0.717, 1.165) is 38.2 Å². The number of carbonyl (C=O) groups is 1. The van der Waals surface area contributed by atoms with Crippen LogP contribution >= 0.6 is 0 Å². The molecule has 0 spiro atoms. The lowest BCUT2D eigenvalue weighted by Gasteiger charge is -2.33. The summed E-state index contributed by atoms with van der Waals surface area (Å²) in [6.07, 6.45) is 4.64. The van der Waals surface area contributed by atoms with Crippen LogP contribution in [0.3, 0.4) is 0 Å². The first-order chi connectivity index (χ1) is 8.70. The molecule has 1 aromatic rings. The van der Waals surface area contributed by atoms with Gasteiger partial charge in [0.15, 0.2) is 0 Å². The lowest BCUT2D eigenvalue weighted by atomic mass is 9.95. The summed E-state index contributed by atoms with van der Waals surface area (Å²) in [5, 5.41) is 8.99. The van der Waals surface area contributed by atoms with Crippen molar-refractivity contribution in [1.29, 1.82) is 0 Å². The zero-order chi connectivity index (χ0) is 13.0. The largest absolute Gasteiger partial charge is 0.396 e. The summed E-state index contributed by atoms with van der Waals surface area (Å²) in [6.45, 7) is 2.14. The molecule has 3 N–H and O–H groups in total. The molecule has 1 fully saturated rings. The SMILES string of the molecule is NC(=O)c1ccc(N2CCCC(CCO)C2)nc1. The van der Waals surface area contributed by atoms with E-state index < -0.39 is 5.91 Å². The number of piperidine rings is 1. The minimum atomic E-state index is -0.453. The van der Waals surface area contributed by atoms with Crippen molar-refractivity contribution < 1.29 is 9.90 Å². The molecule has 1 amide bonds. The third kappa shape index (κ3) is 2.98. The number of primary amides is 1. The molecule has 5 heteroatoms. The number of hydrogen-bond donors (Lipinski definition) is 2. The summed E-state index contributed by atoms with van der Waals surface area (Å²) in [5.74, 6) is 0.954. The van der Waals surface area contributed by atoms with Crippen molar-refractivity contribution in [2.75, 3.05) is 24.6 Å². The number of nitrogens with two attached hydrogens (primary N) is 1. The molecule has 1 aliphatic rings. The Morgan fingerprint density at radius 3 is 3.00 bits per heavy atom. The van der Waals surface area contributed by atoms with E-state index in [1.807, 2.05) is 6.07 Å². The highest BCUT2D eigenvalue weighted by Gasteiger charge is 2.20. The van der Waals surface area contributed by atoms with Gasteiger partial charge in [0.1, 0.15) is 5.82 Å². The standard InChI is InChI=1S/C13H19N3O2/c14-13(18)11-3-4-12(15-8-11)16-6-1-2-10(9-16)5-7-17/h3-4,8,10,17H,1-2,5-7,9H2,(H2,14,18). The maximum atomic E-state index is 11.0. The maximum absolute atomic E-state index is 11.0. The number of aliphatic hydroxyl groups excluding tert-OH is 1. The normalized spacial score (nSPS) is 19.8. The lowest BCUT2D eigenvalue weighted by Crippen LogP contribution is -2.36. The molecule has 0 aliphatic carbocycles. The predicted octanol–water partition coefficient (Wildman–Crippen LogP) is 0.779. The van der Waals surface area contributed by atoms with Crippen molar-refractivity contribution in [1.82, 2.24) is 4.98 Å². The highest BCUT2D eigenvalue weighted by Crippen LogP contribution is 2.23. The van der Waals surface area contributed by atoms with Gasteiger partial charge in [0.05, 0.1) is 5.56 Å². The summed E-state index contributed by atoms with van der Waals surface area (Å²) in [4.78, 5) is 17.5. The maximum Gasteiger partial charge on any atom is 0.250 e. The fourth-order valence-electron chi connectivity index (χ4n) is 2.41. The van der Waals surface area contributed by atoms with E-state index in [1.165, 1.54) is 6.20 Å². The van der Waals surface area contributed by atoms with Crippen LogP contribution in [0.25, 0.3) is 0 Å². The molecule has 1 saturated heterocycles. The first-order valence-corrected chi connectivity index (χ1v) is 6.32. The average molecular weight is 249 g/mol. The number of carbonyl (C=O) groups excluding carboxylic acids is 1. The molecule has 0 radical (unpaired) electrons. The molecule has 0 saturated carbocycles. The Labute approximate surface area is 107 Å². The summed E-state index contributed by atoms with van der Waals surface area (Å²) < 4.78 is 0. The Morgan fingerprint density at radius 1 is 1.56 bits per heavy atom. The van der Waals surface area contributed by atoms with Gasteiger partial charge in [-0.3, -0.25) is 4.79 Å². The van der Waals surface area contributed by atoms with Crippen LogP contribution in [0.4, 0.5) is 5.82 Å². The van der Waals surface area contributed by atoms with Gasteiger partial charge in [-0.2, -0.15) is 0 Å². The molecular formula is C13H19N3O2. The Kier molecular flexibility index (Phi) is 4.15. The monoisotopic (exact) mass is 249 g/mol. The Bertz CT molecular complexity index is 403. The number of aliphatic hydroxyl groups is 1. The smallest absolute Gasteiger partial charge is 0.250 e. The summed E-state index contributed by atoms with van der Waals surface area (Å²) >= 11 is 0. The molecule has 2 rings (SSSR count). The number of nitrogens with zero attached hydrogens (tertiary/aromatic N) is 2. The third-order valence-corrected chi connectivity index (χ3v) is 3.41. The molecule has 98 valence electrons. The van der Waals surface area contributed by atoms with Gasteiger partial charge in [-0.1, -0.05) is 0 Å². The van der Waals surface area contributed by atoms with Crippen molar-refractivity contribution in [3.63, 3.8) is 0 Å². The quantitative estimate of drug-likeness (QED) is 0.826. The fourth-order valence-corrected chi connectivity index (χ4v) is 2.41. The van der Waals surface area contributed by atoms with Crippen LogP contribution in [-0.2, 0) is 0 Å². The van der Waals surface area contributed by atoms with Gasteiger partial charge < -0.3 is 15.7 Å². The number of hydrogen-bond acceptors (Lipinski definition) is 4. The second-order valence-corrected chi connectivity index (χ2v) is 4.74. The van der Waals surface area contributed by atoms with Crippen molar-refractivity contribution >= 4 is 11.7 Å². The van der Waals surface area contributed by atoms with Crippen LogP contribution in [0.2, 0.25) is 0 Å². The number of anilines is 1. The van der Waals surface area contributed by atoms with E-state index in [4.69, 9.17) is 10.8 Å². The molecule has 18 heavy (non-hydrogen) atoms. The van der Waals surface area contributed by atoms with Crippen LogP contribution < -0.4 is 10.6 Å². The molecule has 1 atom stereocenters. The van der Waals surface area contributed by atoms with Gasteiger partial charge in [0, 0.05) is 25.9 Å². The van der Waals surface area contributed by atoms with Crippen LogP contribution in [0, 0.1) is 5.92 Å². The van der Waals surface area contributed by atoms with Gasteiger partial charge in [-0.25, -0.2) is 4.98 Å². The molecule has 1 aromatic heterocycles. The molecule has 1 unspecified atom stereocenters. The van der Waals surface area contributed by atoms with Gasteiger partial charge in [-0.05, 0) is 37.3 Å². The molecule has 0 aromatic carbocycles. The first kappa shape index (κ1) is 12.8. The number of pyridine rings is 1. The topological polar surface area (TPSA) is 79.5 Å². The minimum Gasteiger partial charge on any atom is -0.396 e. The Balaban J connectivity index is 2.04. The summed E-state index contributed by atoms with van der Waals surface area (Å²) in [5.41, 5.74) is 5.62. The van der Waals surface area contributed by atoms with E-state index in [2.05, 4.69) is 9.88 Å². The number of amides is 1. The van der Waals surface area contributed by atoms with Crippen LogP contribution in [0.1, 0.15) is 29.6 Å². The van der Waals surface area contributed by atoms with Gasteiger partial charge in [0.2, 0.25) is 5.91 Å². The summed E-state index contributed by atoms with van der Waals surface area (Å²) in [6, 6.07) is 3.54. The van der Waals surface area contributed by atoms with E-state index in [0.29, 0.717) is 11.5 Å². The highest BCUT2D eigenvalue weighted by molar-refractivity contribution is 5.92. The average Bonchev–Trinajstić information content (AvgIpc) is 2.39. The third-order valence-electron chi connectivity index (χ3n) is 3.41. The molecule has 2 heterocycles. The van der Waals surface area contributed by atoms with Crippen LogP contribution in [0.5, 0.6) is 0 Å². The molecule has 1 aliphatic heterocycles. The predicted molar refractivity (Wildman–Crippen MR) is 69.4 cm³/mol. The summed E-state index contributed by atoms with van der Waals surface area (Å²) in [7, 11) is 0. The van der Waals surface area contributed by atoms with E-state index in [-0.39, 0.29) is 6.61 Å². The zero-order valence-corrected chi connectivity index (χ0v) is 10.4. The van der Waals surface area contributed by atoms with Crippen LogP contribution in [-0.4, -0.2) is 35.7 Å². The van der Waals surface area contributed by atoms with E-state index in [1.54, 1.807) is 6.07 Å². The fraction of sp³-hybridized carbons (Fsp3) is 0.538. The second-order valence-electron chi connectivity index (χ2n) is 4.74. The van der Waals surface area contributed by atoms with Crippen molar-refractivity contribution in [3.8, 4) is 0 Å². The number of rotatable bonds is 4.